The molecule has 0 unspecified atom stereocenters. The number of unbranched alkanes of at least 4 members (excludes halogenated alkanes) is 2. The molecule has 0 heterocycles. The van der Waals surface area contributed by atoms with E-state index in [-0.39, 0.29) is 17.9 Å². The Kier molecular flexibility index (Phi) is 11.5. The zero-order valence-electron chi connectivity index (χ0n) is 23.9. The average Bonchev–Trinajstić information content (AvgIpc) is 2.94. The van der Waals surface area contributed by atoms with Gasteiger partial charge in [0, 0.05) is 0 Å². The van der Waals surface area contributed by atoms with Gasteiger partial charge in [-0.05, 0) is 118 Å². The molecule has 3 aliphatic rings. The molecule has 3 aliphatic carbocycles. The summed E-state index contributed by atoms with van der Waals surface area (Å²) in [4.78, 5) is 0. The van der Waals surface area contributed by atoms with Gasteiger partial charge in [0.2, 0.25) is 0 Å². The molecule has 3 fully saturated rings. The molecule has 38 heavy (non-hydrogen) atoms. The van der Waals surface area contributed by atoms with E-state index in [2.05, 4.69) is 6.92 Å². The van der Waals surface area contributed by atoms with Crippen LogP contribution in [-0.2, 0) is 0 Å². The van der Waals surface area contributed by atoms with Gasteiger partial charge in [0.25, 0.3) is 6.43 Å². The molecule has 3 saturated carbocycles. The number of rotatable bonds is 11. The van der Waals surface area contributed by atoms with E-state index in [1.807, 2.05) is 6.08 Å². The highest BCUT2D eigenvalue weighted by atomic mass is 19.3. The predicted octanol–water partition coefficient (Wildman–Crippen LogP) is 11.2. The summed E-state index contributed by atoms with van der Waals surface area (Å²) < 4.78 is 47.0. The first kappa shape index (κ1) is 29.5. The van der Waals surface area contributed by atoms with Gasteiger partial charge in [-0.25, -0.2) is 13.2 Å². The van der Waals surface area contributed by atoms with Crippen LogP contribution in [-0.4, -0.2) is 6.61 Å². The van der Waals surface area contributed by atoms with Crippen molar-refractivity contribution in [3.05, 3.63) is 35.2 Å². The van der Waals surface area contributed by atoms with Gasteiger partial charge >= 0.3 is 0 Å². The Labute approximate surface area is 230 Å². The molecule has 0 bridgehead atoms. The standard InChI is InChI=1S/C34H51F3O/c1-3-5-6-7-24-8-13-26(14-9-24)28-18-20-29(21-19-28)27-15-10-25(11-16-27)12-17-30-22-23-31(38-4-2)33(35)32(30)34(36)37/h12,17,22-29,34H,3-11,13-16,18-21H2,1-2H3/b17-12+. The molecular weight excluding hydrogens is 481 g/mol. The summed E-state index contributed by atoms with van der Waals surface area (Å²) in [6.07, 6.45) is 22.9. The first-order chi connectivity index (χ1) is 18.5. The first-order valence-electron chi connectivity index (χ1n) is 15.9. The van der Waals surface area contributed by atoms with Crippen LogP contribution in [0, 0.1) is 41.3 Å². The molecule has 4 rings (SSSR count). The highest BCUT2D eigenvalue weighted by molar-refractivity contribution is 5.57. The Morgan fingerprint density at radius 2 is 1.34 bits per heavy atom. The van der Waals surface area contributed by atoms with E-state index in [0.29, 0.717) is 5.92 Å². The number of allylic oxidation sites excluding steroid dienone is 1. The fourth-order valence-corrected chi connectivity index (χ4v) is 7.99. The summed E-state index contributed by atoms with van der Waals surface area (Å²) in [6, 6.07) is 3.03. The van der Waals surface area contributed by atoms with Gasteiger partial charge in [0.1, 0.15) is 0 Å². The second kappa shape index (κ2) is 14.8. The minimum Gasteiger partial charge on any atom is -0.491 e. The third kappa shape index (κ3) is 7.81. The second-order valence-electron chi connectivity index (χ2n) is 12.6. The number of alkyl halides is 2. The van der Waals surface area contributed by atoms with Gasteiger partial charge < -0.3 is 4.74 Å². The van der Waals surface area contributed by atoms with Crippen molar-refractivity contribution in [3.8, 4) is 5.75 Å². The molecule has 1 aromatic rings. The molecule has 1 aromatic carbocycles. The smallest absolute Gasteiger partial charge is 0.267 e. The zero-order valence-corrected chi connectivity index (χ0v) is 23.9. The lowest BCUT2D eigenvalue weighted by Gasteiger charge is -2.41. The van der Waals surface area contributed by atoms with Gasteiger partial charge in [-0.2, -0.15) is 0 Å². The second-order valence-corrected chi connectivity index (χ2v) is 12.6. The highest BCUT2D eigenvalue weighted by Crippen LogP contribution is 2.46. The topological polar surface area (TPSA) is 9.23 Å². The minimum absolute atomic E-state index is 0.0923. The number of ether oxygens (including phenoxy) is 1. The summed E-state index contributed by atoms with van der Waals surface area (Å²) in [5.74, 6) is 4.06. The molecule has 214 valence electrons. The molecule has 0 amide bonds. The fourth-order valence-electron chi connectivity index (χ4n) is 7.99. The molecule has 1 nitrogen and oxygen atoms in total. The van der Waals surface area contributed by atoms with Crippen LogP contribution in [0.2, 0.25) is 0 Å². The normalized spacial score (nSPS) is 30.7. The Bertz CT molecular complexity index is 857. The summed E-state index contributed by atoms with van der Waals surface area (Å²) >= 11 is 0. The molecule has 0 saturated heterocycles. The molecule has 0 spiro atoms. The molecule has 0 N–H and O–H groups in total. The molecule has 0 aliphatic heterocycles. The Balaban J connectivity index is 1.20. The van der Waals surface area contributed by atoms with Crippen LogP contribution in [0.5, 0.6) is 5.75 Å². The van der Waals surface area contributed by atoms with Crippen molar-refractivity contribution < 1.29 is 17.9 Å². The van der Waals surface area contributed by atoms with Crippen molar-refractivity contribution >= 4 is 6.08 Å². The van der Waals surface area contributed by atoms with E-state index in [4.69, 9.17) is 4.74 Å². The molecule has 0 aromatic heterocycles. The van der Waals surface area contributed by atoms with E-state index in [1.54, 1.807) is 19.1 Å². The van der Waals surface area contributed by atoms with E-state index in [9.17, 15) is 13.2 Å². The van der Waals surface area contributed by atoms with Crippen LogP contribution in [0.4, 0.5) is 13.2 Å². The number of hydrogen-bond acceptors (Lipinski definition) is 1. The summed E-state index contributed by atoms with van der Waals surface area (Å²) in [5.41, 5.74) is -0.265. The van der Waals surface area contributed by atoms with Gasteiger partial charge in [0.05, 0.1) is 12.2 Å². The van der Waals surface area contributed by atoms with E-state index >= 15 is 0 Å². The maximum absolute atomic E-state index is 14.6. The lowest BCUT2D eigenvalue weighted by atomic mass is 9.65. The molecular formula is C34H51F3O. The van der Waals surface area contributed by atoms with E-state index < -0.39 is 17.8 Å². The van der Waals surface area contributed by atoms with Gasteiger partial charge in [-0.3, -0.25) is 0 Å². The Hall–Kier alpha value is -1.45. The molecule has 0 radical (unpaired) electrons. The van der Waals surface area contributed by atoms with Crippen LogP contribution in [0.15, 0.2) is 18.2 Å². The lowest BCUT2D eigenvalue weighted by Crippen LogP contribution is -2.29. The third-order valence-electron chi connectivity index (χ3n) is 10.3. The monoisotopic (exact) mass is 532 g/mol. The van der Waals surface area contributed by atoms with Crippen molar-refractivity contribution in [1.82, 2.24) is 0 Å². The maximum Gasteiger partial charge on any atom is 0.267 e. The van der Waals surface area contributed by atoms with Crippen LogP contribution in [0.1, 0.15) is 134 Å². The Morgan fingerprint density at radius 1 is 0.789 bits per heavy atom. The van der Waals surface area contributed by atoms with Crippen LogP contribution in [0.25, 0.3) is 6.08 Å². The van der Waals surface area contributed by atoms with Crippen molar-refractivity contribution in [1.29, 1.82) is 0 Å². The maximum atomic E-state index is 14.6. The average molecular weight is 533 g/mol. The van der Waals surface area contributed by atoms with Gasteiger partial charge in [-0.15, -0.1) is 0 Å². The SMILES string of the molecule is CCCCCC1CCC(C2CCC(C3CCC(/C=C/c4ccc(OCC)c(F)c4C(F)F)CC3)CC2)CC1. The number of benzene rings is 1. The summed E-state index contributed by atoms with van der Waals surface area (Å²) in [5, 5.41) is 0. The zero-order chi connectivity index (χ0) is 26.9. The van der Waals surface area contributed by atoms with Crippen molar-refractivity contribution in [2.45, 2.75) is 123 Å². The van der Waals surface area contributed by atoms with E-state index in [1.165, 1.54) is 96.0 Å². The van der Waals surface area contributed by atoms with Gasteiger partial charge in [0.15, 0.2) is 11.6 Å². The number of hydrogen-bond donors (Lipinski definition) is 0. The van der Waals surface area contributed by atoms with Crippen molar-refractivity contribution in [3.63, 3.8) is 0 Å². The lowest BCUT2D eigenvalue weighted by molar-refractivity contribution is 0.107. The van der Waals surface area contributed by atoms with E-state index in [0.717, 1.165) is 42.4 Å². The largest absolute Gasteiger partial charge is 0.491 e. The van der Waals surface area contributed by atoms with Crippen molar-refractivity contribution in [2.24, 2.45) is 35.5 Å². The Morgan fingerprint density at radius 3 is 1.87 bits per heavy atom. The summed E-state index contributed by atoms with van der Waals surface area (Å²) in [6.45, 7) is 4.27. The highest BCUT2D eigenvalue weighted by Gasteiger charge is 2.34. The summed E-state index contributed by atoms with van der Waals surface area (Å²) in [7, 11) is 0. The molecule has 0 atom stereocenters. The van der Waals surface area contributed by atoms with Crippen molar-refractivity contribution in [2.75, 3.05) is 6.61 Å². The van der Waals surface area contributed by atoms with Crippen LogP contribution >= 0.6 is 0 Å². The quantitative estimate of drug-likeness (QED) is 0.258. The first-order valence-corrected chi connectivity index (χ1v) is 15.9. The molecule has 4 heteroatoms. The van der Waals surface area contributed by atoms with Crippen LogP contribution in [0.3, 0.4) is 0 Å². The fraction of sp³-hybridized carbons (Fsp3) is 0.765. The predicted molar refractivity (Wildman–Crippen MR) is 152 cm³/mol. The van der Waals surface area contributed by atoms with Gasteiger partial charge in [-0.1, -0.05) is 63.7 Å². The number of halogens is 3. The minimum atomic E-state index is -2.86. The third-order valence-corrected chi connectivity index (χ3v) is 10.3. The van der Waals surface area contributed by atoms with Crippen LogP contribution < -0.4 is 4.74 Å².